The lowest BCUT2D eigenvalue weighted by molar-refractivity contribution is -0.122. The zero-order chi connectivity index (χ0) is 11.9. The van der Waals surface area contributed by atoms with Gasteiger partial charge in [-0.15, -0.1) is 0 Å². The van der Waals surface area contributed by atoms with Crippen LogP contribution in [0.25, 0.3) is 0 Å². The number of hydrogen-bond donors (Lipinski definition) is 2. The number of carbonyl (C=O) groups is 1. The van der Waals surface area contributed by atoms with Crippen LogP contribution >= 0.6 is 0 Å². The first-order valence-electron chi connectivity index (χ1n) is 6.03. The van der Waals surface area contributed by atoms with Gasteiger partial charge in [-0.05, 0) is 12.1 Å². The lowest BCUT2D eigenvalue weighted by atomic mass is 10.2. The van der Waals surface area contributed by atoms with E-state index in [0.29, 0.717) is 19.6 Å². The molecule has 0 spiro atoms. The summed E-state index contributed by atoms with van der Waals surface area (Å²) in [5.74, 6) is 0.0835. The number of hydrogen-bond acceptors (Lipinski definition) is 3. The molecule has 0 aliphatic carbocycles. The lowest BCUT2D eigenvalue weighted by Crippen LogP contribution is -2.44. The highest BCUT2D eigenvalue weighted by atomic mass is 16.5. The van der Waals surface area contributed by atoms with E-state index in [4.69, 9.17) is 4.74 Å². The van der Waals surface area contributed by atoms with Crippen LogP contribution in [0, 0.1) is 0 Å². The summed E-state index contributed by atoms with van der Waals surface area (Å²) >= 11 is 0. The van der Waals surface area contributed by atoms with Gasteiger partial charge in [0.05, 0.1) is 13.2 Å². The van der Waals surface area contributed by atoms with Gasteiger partial charge in [0.15, 0.2) is 0 Å². The topological polar surface area (TPSA) is 55.3 Å². The molecule has 1 unspecified atom stereocenters. The van der Waals surface area contributed by atoms with Crippen molar-refractivity contribution in [3.63, 3.8) is 0 Å². The van der Waals surface area contributed by atoms with Crippen molar-refractivity contribution in [3.05, 3.63) is 24.5 Å². The van der Waals surface area contributed by atoms with E-state index in [1.165, 1.54) is 0 Å². The fraction of sp³-hybridized carbons (Fsp3) is 0.583. The molecular formula is C12H19N3O2. The number of ether oxygens (including phenoxy) is 1. The number of amides is 1. The largest absolute Gasteiger partial charge is 0.378 e. The summed E-state index contributed by atoms with van der Waals surface area (Å²) in [6, 6.07) is 4.12. The van der Waals surface area contributed by atoms with Crippen LogP contribution in [0.4, 0.5) is 0 Å². The highest BCUT2D eigenvalue weighted by Gasteiger charge is 2.16. The molecule has 5 nitrogen and oxygen atoms in total. The second kappa shape index (κ2) is 6.42. The Morgan fingerprint density at radius 2 is 2.29 bits per heavy atom. The Kier molecular flexibility index (Phi) is 4.58. The first-order valence-corrected chi connectivity index (χ1v) is 6.03. The van der Waals surface area contributed by atoms with Crippen molar-refractivity contribution >= 4 is 5.91 Å². The Hall–Kier alpha value is -1.33. The molecule has 2 heterocycles. The molecule has 17 heavy (non-hydrogen) atoms. The molecule has 0 saturated carbocycles. The molecule has 0 aromatic carbocycles. The number of morpholine rings is 1. The molecule has 94 valence electrons. The van der Waals surface area contributed by atoms with E-state index in [1.54, 1.807) is 0 Å². The lowest BCUT2D eigenvalue weighted by Gasteiger charge is -2.23. The van der Waals surface area contributed by atoms with Gasteiger partial charge < -0.3 is 19.9 Å². The van der Waals surface area contributed by atoms with Crippen LogP contribution in [0.15, 0.2) is 24.5 Å². The van der Waals surface area contributed by atoms with Crippen LogP contribution in [0.5, 0.6) is 0 Å². The molecule has 1 amide bonds. The Labute approximate surface area is 101 Å². The maximum Gasteiger partial charge on any atom is 0.221 e. The van der Waals surface area contributed by atoms with Gasteiger partial charge in [-0.1, -0.05) is 0 Å². The quantitative estimate of drug-likeness (QED) is 0.757. The summed E-state index contributed by atoms with van der Waals surface area (Å²) in [5.41, 5.74) is 0. The molecule has 1 aliphatic rings. The average Bonchev–Trinajstić information content (AvgIpc) is 2.83. The van der Waals surface area contributed by atoms with E-state index in [0.717, 1.165) is 19.7 Å². The van der Waals surface area contributed by atoms with Gasteiger partial charge in [0.1, 0.15) is 0 Å². The average molecular weight is 237 g/mol. The molecule has 1 fully saturated rings. The van der Waals surface area contributed by atoms with Gasteiger partial charge >= 0.3 is 0 Å². The number of carbonyl (C=O) groups excluding carboxylic acids is 1. The number of nitrogens with one attached hydrogen (secondary N) is 2. The van der Waals surface area contributed by atoms with Crippen molar-refractivity contribution in [2.75, 3.05) is 26.3 Å². The van der Waals surface area contributed by atoms with Crippen LogP contribution in [-0.2, 0) is 16.1 Å². The molecule has 0 bridgehead atoms. The van der Waals surface area contributed by atoms with Crippen LogP contribution in [0.1, 0.15) is 6.42 Å². The third kappa shape index (κ3) is 4.20. The highest BCUT2D eigenvalue weighted by Crippen LogP contribution is 1.98. The van der Waals surface area contributed by atoms with Crippen molar-refractivity contribution in [2.45, 2.75) is 19.0 Å². The normalized spacial score (nSPS) is 20.1. The summed E-state index contributed by atoms with van der Waals surface area (Å²) in [4.78, 5) is 11.6. The van der Waals surface area contributed by atoms with E-state index in [1.807, 2.05) is 29.1 Å². The molecule has 2 N–H and O–H groups in total. The van der Waals surface area contributed by atoms with E-state index in [9.17, 15) is 4.79 Å². The van der Waals surface area contributed by atoms with Crippen molar-refractivity contribution < 1.29 is 9.53 Å². The maximum absolute atomic E-state index is 11.6. The van der Waals surface area contributed by atoms with Gasteiger partial charge in [-0.2, -0.15) is 0 Å². The molecule has 1 aliphatic heterocycles. The summed E-state index contributed by atoms with van der Waals surface area (Å²) in [7, 11) is 0. The zero-order valence-electron chi connectivity index (χ0n) is 9.89. The second-order valence-electron chi connectivity index (χ2n) is 4.20. The minimum atomic E-state index is 0.0835. The number of aromatic nitrogens is 1. The zero-order valence-corrected chi connectivity index (χ0v) is 9.89. The van der Waals surface area contributed by atoms with E-state index < -0.39 is 0 Å². The minimum absolute atomic E-state index is 0.0835. The summed E-state index contributed by atoms with van der Waals surface area (Å²) in [6.45, 7) is 3.69. The van der Waals surface area contributed by atoms with Crippen LogP contribution in [-0.4, -0.2) is 42.8 Å². The molecular weight excluding hydrogens is 218 g/mol. The van der Waals surface area contributed by atoms with E-state index in [2.05, 4.69) is 10.6 Å². The van der Waals surface area contributed by atoms with Crippen LogP contribution in [0.3, 0.4) is 0 Å². The van der Waals surface area contributed by atoms with E-state index >= 15 is 0 Å². The maximum atomic E-state index is 11.6. The van der Waals surface area contributed by atoms with Gasteiger partial charge in [0.2, 0.25) is 5.91 Å². The summed E-state index contributed by atoms with van der Waals surface area (Å²) < 4.78 is 7.34. The molecule has 1 aromatic heterocycles. The summed E-state index contributed by atoms with van der Waals surface area (Å²) in [6.07, 6.45) is 4.47. The molecule has 2 rings (SSSR count). The molecule has 1 atom stereocenters. The fourth-order valence-electron chi connectivity index (χ4n) is 1.89. The van der Waals surface area contributed by atoms with Gasteiger partial charge in [0.25, 0.3) is 0 Å². The van der Waals surface area contributed by atoms with Gasteiger partial charge in [-0.25, -0.2) is 0 Å². The Bertz CT molecular complexity index is 332. The van der Waals surface area contributed by atoms with Crippen LogP contribution < -0.4 is 10.6 Å². The Balaban J connectivity index is 1.60. The Morgan fingerprint density at radius 1 is 1.47 bits per heavy atom. The predicted octanol–water partition coefficient (Wildman–Crippen LogP) is -0.0172. The van der Waals surface area contributed by atoms with Crippen molar-refractivity contribution in [2.24, 2.45) is 0 Å². The van der Waals surface area contributed by atoms with Crippen molar-refractivity contribution in [1.82, 2.24) is 15.2 Å². The van der Waals surface area contributed by atoms with Crippen molar-refractivity contribution in [3.8, 4) is 0 Å². The number of rotatable bonds is 5. The minimum Gasteiger partial charge on any atom is -0.378 e. The molecule has 0 radical (unpaired) electrons. The fourth-order valence-corrected chi connectivity index (χ4v) is 1.89. The van der Waals surface area contributed by atoms with Crippen LogP contribution in [0.2, 0.25) is 0 Å². The monoisotopic (exact) mass is 237 g/mol. The van der Waals surface area contributed by atoms with Crippen molar-refractivity contribution in [1.29, 1.82) is 0 Å². The first-order chi connectivity index (χ1) is 8.34. The first kappa shape index (κ1) is 12.1. The smallest absolute Gasteiger partial charge is 0.221 e. The molecule has 1 saturated heterocycles. The van der Waals surface area contributed by atoms with E-state index in [-0.39, 0.29) is 11.9 Å². The third-order valence-corrected chi connectivity index (χ3v) is 2.79. The predicted molar refractivity (Wildman–Crippen MR) is 64.7 cm³/mol. The van der Waals surface area contributed by atoms with Gasteiger partial charge in [0, 0.05) is 44.5 Å². The molecule has 5 heteroatoms. The SMILES string of the molecule is O=C(CC1COCCN1)NCCn1cccc1. The third-order valence-electron chi connectivity index (χ3n) is 2.79. The molecule has 1 aromatic rings. The van der Waals surface area contributed by atoms with Gasteiger partial charge in [-0.3, -0.25) is 4.79 Å². The standard InChI is InChI=1S/C12H19N3O2/c16-12(9-11-10-17-8-4-13-11)14-3-7-15-5-1-2-6-15/h1-2,5-6,11,13H,3-4,7-10H2,(H,14,16). The highest BCUT2D eigenvalue weighted by molar-refractivity contribution is 5.76. The summed E-state index contributed by atoms with van der Waals surface area (Å²) in [5, 5.41) is 6.18. The second-order valence-corrected chi connectivity index (χ2v) is 4.20. The Morgan fingerprint density at radius 3 is 3.00 bits per heavy atom. The number of nitrogens with zero attached hydrogens (tertiary/aromatic N) is 1.